The Morgan fingerprint density at radius 3 is 2.48 bits per heavy atom. The van der Waals surface area contributed by atoms with E-state index in [9.17, 15) is 18.4 Å². The van der Waals surface area contributed by atoms with Crippen molar-refractivity contribution in [1.29, 1.82) is 0 Å². The number of carbonyl (C=O) groups excluding carboxylic acids is 2. The number of amides is 2. The van der Waals surface area contributed by atoms with Gasteiger partial charge in [0.25, 0.3) is 0 Å². The van der Waals surface area contributed by atoms with Crippen LogP contribution in [-0.4, -0.2) is 17.9 Å². The van der Waals surface area contributed by atoms with Gasteiger partial charge in [-0.25, -0.2) is 8.78 Å². The number of nitrogens with two attached hydrogens (primary N) is 1. The van der Waals surface area contributed by atoms with Crippen molar-refractivity contribution in [2.45, 2.75) is 32.7 Å². The first-order chi connectivity index (χ1) is 9.79. The van der Waals surface area contributed by atoms with E-state index in [0.717, 1.165) is 17.7 Å². The summed E-state index contributed by atoms with van der Waals surface area (Å²) in [4.78, 5) is 23.1. The molecule has 0 unspecified atom stereocenters. The number of nitrogens with one attached hydrogen (secondary N) is 1. The quantitative estimate of drug-likeness (QED) is 0.786. The van der Waals surface area contributed by atoms with Crippen LogP contribution in [0.2, 0.25) is 0 Å². The molecule has 2 amide bonds. The fourth-order valence-corrected chi connectivity index (χ4v) is 1.68. The molecule has 0 aliphatic heterocycles. The second kappa shape index (κ2) is 7.52. The van der Waals surface area contributed by atoms with E-state index in [0.29, 0.717) is 12.0 Å². The van der Waals surface area contributed by atoms with Crippen LogP contribution in [-0.2, 0) is 16.0 Å². The molecule has 0 fully saturated rings. The van der Waals surface area contributed by atoms with Crippen LogP contribution in [0.15, 0.2) is 29.8 Å². The van der Waals surface area contributed by atoms with E-state index >= 15 is 0 Å². The molecular weight excluding hydrogens is 278 g/mol. The molecule has 1 atom stereocenters. The molecule has 21 heavy (non-hydrogen) atoms. The van der Waals surface area contributed by atoms with Crippen LogP contribution in [0.4, 0.5) is 8.78 Å². The molecule has 0 saturated heterocycles. The lowest BCUT2D eigenvalue weighted by Gasteiger charge is -2.14. The molecule has 1 aromatic carbocycles. The smallest absolute Gasteiger partial charge is 0.240 e. The lowest BCUT2D eigenvalue weighted by molar-refractivity contribution is -0.126. The van der Waals surface area contributed by atoms with Gasteiger partial charge in [0.1, 0.15) is 6.04 Å². The average Bonchev–Trinajstić information content (AvgIpc) is 2.38. The Labute approximate surface area is 122 Å². The molecule has 0 aliphatic carbocycles. The summed E-state index contributed by atoms with van der Waals surface area (Å²) in [6.07, 6.45) is 1.92. The average molecular weight is 296 g/mol. The van der Waals surface area contributed by atoms with Gasteiger partial charge in [-0.3, -0.25) is 9.59 Å². The summed E-state index contributed by atoms with van der Waals surface area (Å²) in [5, 5.41) is 2.48. The lowest BCUT2D eigenvalue weighted by Crippen LogP contribution is -2.44. The van der Waals surface area contributed by atoms with Crippen molar-refractivity contribution in [3.8, 4) is 0 Å². The first kappa shape index (κ1) is 16.8. The third kappa shape index (κ3) is 5.72. The SMILES string of the molecule is CC(C)=CC[C@@H](NC(=O)Cc1ccc(F)c(F)c1)C(N)=O. The molecule has 0 heterocycles. The zero-order valence-electron chi connectivity index (χ0n) is 12.0. The number of benzene rings is 1. The van der Waals surface area contributed by atoms with Crippen LogP contribution in [0, 0.1) is 11.6 Å². The predicted octanol–water partition coefficient (Wildman–Crippen LogP) is 1.83. The Morgan fingerprint density at radius 2 is 1.95 bits per heavy atom. The highest BCUT2D eigenvalue weighted by atomic mass is 19.2. The van der Waals surface area contributed by atoms with Gasteiger partial charge in [0.2, 0.25) is 11.8 Å². The maximum absolute atomic E-state index is 13.0. The van der Waals surface area contributed by atoms with Gasteiger partial charge in [0.15, 0.2) is 11.6 Å². The van der Waals surface area contributed by atoms with Crippen LogP contribution in [0.3, 0.4) is 0 Å². The minimum Gasteiger partial charge on any atom is -0.368 e. The van der Waals surface area contributed by atoms with Crippen LogP contribution >= 0.6 is 0 Å². The predicted molar refractivity (Wildman–Crippen MR) is 75.2 cm³/mol. The number of hydrogen-bond acceptors (Lipinski definition) is 2. The van der Waals surface area contributed by atoms with Gasteiger partial charge in [-0.15, -0.1) is 0 Å². The molecule has 114 valence electrons. The zero-order valence-corrected chi connectivity index (χ0v) is 12.0. The maximum atomic E-state index is 13.0. The van der Waals surface area contributed by atoms with Gasteiger partial charge in [0.05, 0.1) is 6.42 Å². The summed E-state index contributed by atoms with van der Waals surface area (Å²) in [6, 6.07) is 2.39. The number of primary amides is 1. The summed E-state index contributed by atoms with van der Waals surface area (Å²) in [6.45, 7) is 3.72. The normalized spacial score (nSPS) is 11.6. The summed E-state index contributed by atoms with van der Waals surface area (Å²) >= 11 is 0. The molecule has 3 N–H and O–H groups in total. The zero-order chi connectivity index (χ0) is 16.0. The Hall–Kier alpha value is -2.24. The summed E-state index contributed by atoms with van der Waals surface area (Å²) in [5.74, 6) is -3.12. The Bertz CT molecular complexity index is 567. The molecule has 1 rings (SSSR count). The summed E-state index contributed by atoms with van der Waals surface area (Å²) in [5.41, 5.74) is 6.53. The molecule has 1 aromatic rings. The number of rotatable bonds is 6. The molecule has 6 heteroatoms. The molecule has 0 aromatic heterocycles. The number of halogens is 2. The molecule has 4 nitrogen and oxygen atoms in total. The maximum Gasteiger partial charge on any atom is 0.240 e. The van der Waals surface area contributed by atoms with Crippen LogP contribution in [0.1, 0.15) is 25.8 Å². The molecule has 0 spiro atoms. The Balaban J connectivity index is 2.67. The van der Waals surface area contributed by atoms with Crippen LogP contribution in [0.5, 0.6) is 0 Å². The fourth-order valence-electron chi connectivity index (χ4n) is 1.68. The monoisotopic (exact) mass is 296 g/mol. The van der Waals surface area contributed by atoms with Crippen molar-refractivity contribution in [2.75, 3.05) is 0 Å². The highest BCUT2D eigenvalue weighted by Crippen LogP contribution is 2.09. The largest absolute Gasteiger partial charge is 0.368 e. The van der Waals surface area contributed by atoms with Crippen molar-refractivity contribution in [3.63, 3.8) is 0 Å². The summed E-state index contributed by atoms with van der Waals surface area (Å²) < 4.78 is 25.8. The number of hydrogen-bond donors (Lipinski definition) is 2. The van der Waals surface area contributed by atoms with Gasteiger partial charge < -0.3 is 11.1 Å². The number of allylic oxidation sites excluding steroid dienone is 1. The van der Waals surface area contributed by atoms with Crippen molar-refractivity contribution >= 4 is 11.8 Å². The molecular formula is C15H18F2N2O2. The van der Waals surface area contributed by atoms with Crippen molar-refractivity contribution in [1.82, 2.24) is 5.32 Å². The van der Waals surface area contributed by atoms with Gasteiger partial charge in [-0.05, 0) is 38.0 Å². The van der Waals surface area contributed by atoms with Crippen molar-refractivity contribution in [2.24, 2.45) is 5.73 Å². The Kier molecular flexibility index (Phi) is 6.02. The molecule has 0 radical (unpaired) electrons. The first-order valence-electron chi connectivity index (χ1n) is 6.45. The first-order valence-corrected chi connectivity index (χ1v) is 6.45. The lowest BCUT2D eigenvalue weighted by atomic mass is 10.1. The summed E-state index contributed by atoms with van der Waals surface area (Å²) in [7, 11) is 0. The van der Waals surface area contributed by atoms with E-state index < -0.39 is 29.5 Å². The van der Waals surface area contributed by atoms with E-state index in [-0.39, 0.29) is 6.42 Å². The highest BCUT2D eigenvalue weighted by Gasteiger charge is 2.17. The van der Waals surface area contributed by atoms with E-state index in [1.807, 2.05) is 13.8 Å². The molecule has 0 aliphatic rings. The van der Waals surface area contributed by atoms with E-state index in [1.165, 1.54) is 6.07 Å². The van der Waals surface area contributed by atoms with Gasteiger partial charge in [-0.1, -0.05) is 17.7 Å². The van der Waals surface area contributed by atoms with Gasteiger partial charge in [-0.2, -0.15) is 0 Å². The standard InChI is InChI=1S/C15H18F2N2O2/c1-9(2)3-6-13(15(18)21)19-14(20)8-10-4-5-11(16)12(17)7-10/h3-5,7,13H,6,8H2,1-2H3,(H2,18,21)(H,19,20)/t13-/m1/s1. The Morgan fingerprint density at radius 1 is 1.29 bits per heavy atom. The van der Waals surface area contributed by atoms with E-state index in [1.54, 1.807) is 6.08 Å². The second-order valence-electron chi connectivity index (χ2n) is 4.96. The third-order valence-electron chi connectivity index (χ3n) is 2.79. The number of carbonyl (C=O) groups is 2. The minimum absolute atomic E-state index is 0.157. The second-order valence-corrected chi connectivity index (χ2v) is 4.96. The minimum atomic E-state index is -1.02. The molecule has 0 bridgehead atoms. The van der Waals surface area contributed by atoms with Crippen LogP contribution in [0.25, 0.3) is 0 Å². The van der Waals surface area contributed by atoms with Crippen molar-refractivity contribution < 1.29 is 18.4 Å². The van der Waals surface area contributed by atoms with Crippen LogP contribution < -0.4 is 11.1 Å². The van der Waals surface area contributed by atoms with Gasteiger partial charge >= 0.3 is 0 Å². The fraction of sp³-hybridized carbons (Fsp3) is 0.333. The molecule has 0 saturated carbocycles. The topological polar surface area (TPSA) is 72.2 Å². The van der Waals surface area contributed by atoms with Gasteiger partial charge in [0, 0.05) is 0 Å². The highest BCUT2D eigenvalue weighted by molar-refractivity contribution is 5.87. The van der Waals surface area contributed by atoms with E-state index in [4.69, 9.17) is 5.73 Å². The van der Waals surface area contributed by atoms with E-state index in [2.05, 4.69) is 5.32 Å². The third-order valence-corrected chi connectivity index (χ3v) is 2.79. The van der Waals surface area contributed by atoms with Crippen molar-refractivity contribution in [3.05, 3.63) is 47.0 Å².